The minimum atomic E-state index is -1.26. The molecule has 0 aliphatic rings. The summed E-state index contributed by atoms with van der Waals surface area (Å²) < 4.78 is 5.05. The lowest BCUT2D eigenvalue weighted by Gasteiger charge is -2.11. The van der Waals surface area contributed by atoms with E-state index in [2.05, 4.69) is 6.58 Å². The molecule has 0 aliphatic heterocycles. The van der Waals surface area contributed by atoms with Gasteiger partial charge in [0, 0.05) is 11.1 Å². The fourth-order valence-electron chi connectivity index (χ4n) is 1.82. The van der Waals surface area contributed by atoms with Crippen LogP contribution in [0.1, 0.15) is 28.9 Å². The minimum Gasteiger partial charge on any atom is -0.423 e. The average Bonchev–Trinajstić information content (AvgIpc) is 2.55. The van der Waals surface area contributed by atoms with Crippen molar-refractivity contribution >= 4 is 11.8 Å². The topological polar surface area (TPSA) is 63.6 Å². The van der Waals surface area contributed by atoms with Gasteiger partial charge >= 0.3 is 5.97 Å². The van der Waals surface area contributed by atoms with E-state index in [1.165, 1.54) is 12.1 Å². The van der Waals surface area contributed by atoms with Crippen LogP contribution in [0, 0.1) is 0 Å². The largest absolute Gasteiger partial charge is 0.423 e. The van der Waals surface area contributed by atoms with Crippen LogP contribution in [-0.4, -0.2) is 16.9 Å². The van der Waals surface area contributed by atoms with Crippen molar-refractivity contribution in [2.45, 2.75) is 13.0 Å². The summed E-state index contributed by atoms with van der Waals surface area (Å²) in [6, 6.07) is 14.7. The molecule has 0 aromatic heterocycles. The Balaban J connectivity index is 2.11. The third-order valence-corrected chi connectivity index (χ3v) is 3.06. The summed E-state index contributed by atoms with van der Waals surface area (Å²) in [5.74, 6) is -0.572. The summed E-state index contributed by atoms with van der Waals surface area (Å²) >= 11 is 0. The number of ketones is 1. The van der Waals surface area contributed by atoms with Crippen molar-refractivity contribution < 1.29 is 19.4 Å². The van der Waals surface area contributed by atoms with Gasteiger partial charge < -0.3 is 9.84 Å². The highest BCUT2D eigenvalue weighted by Gasteiger charge is 2.19. The van der Waals surface area contributed by atoms with Crippen LogP contribution in [0.15, 0.2) is 66.7 Å². The predicted molar refractivity (Wildman–Crippen MR) is 82.6 cm³/mol. The summed E-state index contributed by atoms with van der Waals surface area (Å²) in [6.45, 7) is 5.05. The molecule has 2 aromatic carbocycles. The molecule has 0 amide bonds. The molecule has 0 radical (unpaired) electrons. The van der Waals surface area contributed by atoms with E-state index in [-0.39, 0.29) is 5.78 Å². The third kappa shape index (κ3) is 3.68. The van der Waals surface area contributed by atoms with Crippen LogP contribution in [0.25, 0.3) is 0 Å². The van der Waals surface area contributed by atoms with Gasteiger partial charge in [0.15, 0.2) is 5.78 Å². The molecule has 0 bridgehead atoms. The zero-order valence-electron chi connectivity index (χ0n) is 12.2. The van der Waals surface area contributed by atoms with Crippen LogP contribution in [-0.2, 0) is 4.79 Å². The van der Waals surface area contributed by atoms with Crippen molar-refractivity contribution in [3.05, 3.63) is 77.9 Å². The first-order chi connectivity index (χ1) is 10.5. The quantitative estimate of drug-likeness (QED) is 0.398. The molecule has 0 saturated heterocycles. The number of aliphatic hydroxyl groups excluding tert-OH is 1. The van der Waals surface area contributed by atoms with Crippen molar-refractivity contribution in [3.63, 3.8) is 0 Å². The Morgan fingerprint density at radius 3 is 2.18 bits per heavy atom. The van der Waals surface area contributed by atoms with Crippen LogP contribution >= 0.6 is 0 Å². The van der Waals surface area contributed by atoms with E-state index in [1.54, 1.807) is 49.4 Å². The van der Waals surface area contributed by atoms with E-state index in [0.717, 1.165) is 0 Å². The first-order valence-electron chi connectivity index (χ1n) is 6.74. The number of ether oxygens (including phenoxy) is 1. The van der Waals surface area contributed by atoms with Gasteiger partial charge in [-0.15, -0.1) is 0 Å². The van der Waals surface area contributed by atoms with Crippen molar-refractivity contribution in [1.29, 1.82) is 0 Å². The molecule has 2 rings (SSSR count). The summed E-state index contributed by atoms with van der Waals surface area (Å²) in [5, 5.41) is 10.1. The summed E-state index contributed by atoms with van der Waals surface area (Å²) in [5.41, 5.74) is 1.17. The molecule has 4 heteroatoms. The van der Waals surface area contributed by atoms with Gasteiger partial charge in [0.1, 0.15) is 11.9 Å². The first-order valence-corrected chi connectivity index (χ1v) is 6.74. The molecule has 1 unspecified atom stereocenters. The van der Waals surface area contributed by atoms with Crippen molar-refractivity contribution in [3.8, 4) is 5.75 Å². The highest BCUT2D eigenvalue weighted by Crippen LogP contribution is 2.21. The zero-order chi connectivity index (χ0) is 16.1. The Labute approximate surface area is 128 Å². The molecule has 112 valence electrons. The van der Waals surface area contributed by atoms with Gasteiger partial charge in [-0.2, -0.15) is 0 Å². The molecule has 4 nitrogen and oxygen atoms in total. The Morgan fingerprint density at radius 2 is 1.64 bits per heavy atom. The van der Waals surface area contributed by atoms with Gasteiger partial charge in [-0.1, -0.05) is 49.0 Å². The Morgan fingerprint density at radius 1 is 1.05 bits per heavy atom. The number of carbonyl (C=O) groups is 2. The summed E-state index contributed by atoms with van der Waals surface area (Å²) in [6.07, 6.45) is -1.26. The summed E-state index contributed by atoms with van der Waals surface area (Å²) in [7, 11) is 0. The second-order valence-electron chi connectivity index (χ2n) is 4.87. The number of Topliss-reactive ketones (excluding diaryl/α,β-unsaturated/α-hetero) is 1. The number of carbonyl (C=O) groups excluding carboxylic acids is 2. The molecule has 0 saturated carbocycles. The van der Waals surface area contributed by atoms with E-state index in [4.69, 9.17) is 4.74 Å². The van der Waals surface area contributed by atoms with Crippen LogP contribution in [0.5, 0.6) is 5.75 Å². The van der Waals surface area contributed by atoms with Gasteiger partial charge in [0.05, 0.1) is 0 Å². The monoisotopic (exact) mass is 296 g/mol. The molecule has 1 N–H and O–H groups in total. The van der Waals surface area contributed by atoms with Crippen molar-refractivity contribution in [2.75, 3.05) is 0 Å². The van der Waals surface area contributed by atoms with Crippen LogP contribution in [0.3, 0.4) is 0 Å². The van der Waals surface area contributed by atoms with E-state index >= 15 is 0 Å². The number of aliphatic hydroxyl groups is 1. The molecular weight excluding hydrogens is 280 g/mol. The molecule has 1 atom stereocenters. The smallest absolute Gasteiger partial charge is 0.338 e. The Bertz CT molecular complexity index is 687. The third-order valence-electron chi connectivity index (χ3n) is 3.06. The van der Waals surface area contributed by atoms with Crippen molar-refractivity contribution in [1.82, 2.24) is 0 Å². The fraction of sp³-hybridized carbons (Fsp3) is 0.111. The maximum absolute atomic E-state index is 12.2. The standard InChI is InChI=1S/C18H16O4/c1-12(2)18(21)22-15-10-8-14(9-11-15)17(20)16(19)13-6-4-3-5-7-13/h3-11,17,20H,1H2,2H3. The second kappa shape index (κ2) is 6.83. The van der Waals surface area contributed by atoms with Gasteiger partial charge in [0.2, 0.25) is 0 Å². The maximum Gasteiger partial charge on any atom is 0.338 e. The number of rotatable bonds is 5. The normalized spacial score (nSPS) is 11.5. The molecule has 0 spiro atoms. The van der Waals surface area contributed by atoms with Gasteiger partial charge in [0.25, 0.3) is 0 Å². The van der Waals surface area contributed by atoms with Gasteiger partial charge in [-0.25, -0.2) is 4.79 Å². The van der Waals surface area contributed by atoms with E-state index in [0.29, 0.717) is 22.4 Å². The first kappa shape index (κ1) is 15.7. The van der Waals surface area contributed by atoms with E-state index in [1.807, 2.05) is 0 Å². The highest BCUT2D eigenvalue weighted by atomic mass is 16.5. The van der Waals surface area contributed by atoms with E-state index < -0.39 is 12.1 Å². The summed E-state index contributed by atoms with van der Waals surface area (Å²) in [4.78, 5) is 23.5. The molecule has 2 aromatic rings. The Kier molecular flexibility index (Phi) is 4.86. The lowest BCUT2D eigenvalue weighted by atomic mass is 10.00. The highest BCUT2D eigenvalue weighted by molar-refractivity contribution is 5.99. The van der Waals surface area contributed by atoms with Crippen molar-refractivity contribution in [2.24, 2.45) is 0 Å². The molecule has 22 heavy (non-hydrogen) atoms. The van der Waals surface area contributed by atoms with E-state index in [9.17, 15) is 14.7 Å². The SMILES string of the molecule is C=C(C)C(=O)Oc1ccc(C(O)C(=O)c2ccccc2)cc1. The molecular formula is C18H16O4. The molecule has 0 fully saturated rings. The predicted octanol–water partition coefficient (Wildman–Crippen LogP) is 3.08. The molecule has 0 aliphatic carbocycles. The number of hydrogen-bond acceptors (Lipinski definition) is 4. The number of esters is 1. The van der Waals surface area contributed by atoms with Crippen LogP contribution < -0.4 is 4.74 Å². The number of hydrogen-bond donors (Lipinski definition) is 1. The molecule has 0 heterocycles. The van der Waals surface area contributed by atoms with Gasteiger partial charge in [-0.3, -0.25) is 4.79 Å². The minimum absolute atomic E-state index is 0.295. The number of benzene rings is 2. The Hall–Kier alpha value is -2.72. The lowest BCUT2D eigenvalue weighted by molar-refractivity contribution is -0.130. The second-order valence-corrected chi connectivity index (χ2v) is 4.87. The van der Waals surface area contributed by atoms with Gasteiger partial charge in [-0.05, 0) is 24.6 Å². The maximum atomic E-state index is 12.2. The lowest BCUT2D eigenvalue weighted by Crippen LogP contribution is -2.12. The zero-order valence-corrected chi connectivity index (χ0v) is 12.2. The van der Waals surface area contributed by atoms with Crippen LogP contribution in [0.2, 0.25) is 0 Å². The fourth-order valence-corrected chi connectivity index (χ4v) is 1.82. The average molecular weight is 296 g/mol. The van der Waals surface area contributed by atoms with Crippen LogP contribution in [0.4, 0.5) is 0 Å².